The number of amides is 1. The van der Waals surface area contributed by atoms with Crippen LogP contribution >= 0.6 is 11.6 Å². The third kappa shape index (κ3) is 2.11. The predicted octanol–water partition coefficient (Wildman–Crippen LogP) is 3.45. The number of fused-ring (bicyclic) bond motifs is 4. The van der Waals surface area contributed by atoms with Crippen LogP contribution in [0, 0.1) is 0 Å². The molecule has 1 N–H and O–H groups in total. The number of benzene rings is 2. The van der Waals surface area contributed by atoms with Gasteiger partial charge in [-0.3, -0.25) is 9.59 Å². The second-order valence-electron chi connectivity index (χ2n) is 5.27. The minimum atomic E-state index is -0.375. The minimum Gasteiger partial charge on any atom is -0.449 e. The molecule has 0 bridgehead atoms. The number of nitrogens with zero attached hydrogens (tertiary/aromatic N) is 2. The fraction of sp³-hybridized carbons (Fsp3) is 0.0588. The van der Waals surface area contributed by atoms with Crippen LogP contribution in [0.2, 0.25) is 5.02 Å². The molecule has 4 rings (SSSR count). The number of halogens is 1. The Bertz CT molecular complexity index is 1150. The summed E-state index contributed by atoms with van der Waals surface area (Å²) in [4.78, 5) is 32.7. The van der Waals surface area contributed by atoms with E-state index < -0.39 is 0 Å². The van der Waals surface area contributed by atoms with Crippen LogP contribution in [0.3, 0.4) is 0 Å². The normalized spacial score (nSPS) is 11.2. The molecule has 118 valence electrons. The van der Waals surface area contributed by atoms with E-state index in [9.17, 15) is 9.59 Å². The molecule has 24 heavy (non-hydrogen) atoms. The third-order valence-corrected chi connectivity index (χ3v) is 3.99. The van der Waals surface area contributed by atoms with Crippen LogP contribution in [0.1, 0.15) is 6.92 Å². The molecule has 1 amide bonds. The quantitative estimate of drug-likeness (QED) is 0.424. The Morgan fingerprint density at radius 2 is 2.08 bits per heavy atom. The second kappa shape index (κ2) is 5.28. The monoisotopic (exact) mass is 339 g/mol. The molecule has 2 heterocycles. The van der Waals surface area contributed by atoms with E-state index in [1.54, 1.807) is 36.5 Å². The maximum Gasteiger partial charge on any atom is 0.221 e. The van der Waals surface area contributed by atoms with Gasteiger partial charge in [-0.25, -0.2) is 9.97 Å². The molecule has 0 saturated heterocycles. The Morgan fingerprint density at radius 1 is 1.25 bits per heavy atom. The summed E-state index contributed by atoms with van der Waals surface area (Å²) in [6.45, 7) is 1.39. The zero-order valence-corrected chi connectivity index (χ0v) is 13.2. The van der Waals surface area contributed by atoms with Gasteiger partial charge in [-0.2, -0.15) is 0 Å². The van der Waals surface area contributed by atoms with Crippen molar-refractivity contribution in [3.63, 3.8) is 0 Å². The van der Waals surface area contributed by atoms with Gasteiger partial charge in [0.05, 0.1) is 5.69 Å². The Hall–Kier alpha value is -2.99. The predicted molar refractivity (Wildman–Crippen MR) is 91.5 cm³/mol. The average molecular weight is 340 g/mol. The summed E-state index contributed by atoms with van der Waals surface area (Å²) in [5, 5.41) is 3.50. The van der Waals surface area contributed by atoms with Crippen molar-refractivity contribution in [3.8, 4) is 11.5 Å². The van der Waals surface area contributed by atoms with Crippen LogP contribution in [0.15, 0.2) is 45.7 Å². The number of aromatic nitrogens is 2. The Kier molecular flexibility index (Phi) is 3.21. The molecule has 0 atom stereocenters. The Morgan fingerprint density at radius 3 is 2.88 bits per heavy atom. The largest absolute Gasteiger partial charge is 0.449 e. The van der Waals surface area contributed by atoms with E-state index in [0.717, 1.165) is 0 Å². The van der Waals surface area contributed by atoms with Gasteiger partial charge in [0.25, 0.3) is 0 Å². The first-order valence-electron chi connectivity index (χ1n) is 7.13. The average Bonchev–Trinajstić information content (AvgIpc) is 2.58. The maximum absolute atomic E-state index is 12.6. The number of carbonyl (C=O) groups excluding carboxylic acids is 1. The molecule has 2 aromatic rings. The van der Waals surface area contributed by atoms with Gasteiger partial charge >= 0.3 is 0 Å². The van der Waals surface area contributed by atoms with Crippen LogP contribution in [0.5, 0.6) is 0 Å². The lowest BCUT2D eigenvalue weighted by atomic mass is 10.0. The van der Waals surface area contributed by atoms with Crippen LogP contribution in [0.25, 0.3) is 33.5 Å². The van der Waals surface area contributed by atoms with Gasteiger partial charge in [0.1, 0.15) is 10.7 Å². The number of carbonyl (C=O) groups is 1. The first-order valence-corrected chi connectivity index (χ1v) is 7.51. The molecule has 7 heteroatoms. The van der Waals surface area contributed by atoms with E-state index in [1.807, 2.05) is 0 Å². The van der Waals surface area contributed by atoms with Gasteiger partial charge in [-0.05, 0) is 18.2 Å². The molecular formula is C17H10ClN3O3. The number of pyridine rings is 1. The molecule has 1 aliphatic carbocycles. The van der Waals surface area contributed by atoms with Crippen LogP contribution in [0.4, 0.5) is 5.69 Å². The summed E-state index contributed by atoms with van der Waals surface area (Å²) in [7, 11) is 0. The second-order valence-corrected chi connectivity index (χ2v) is 5.65. The summed E-state index contributed by atoms with van der Waals surface area (Å²) in [5.41, 5.74) is 1.28. The molecule has 0 radical (unpaired) electrons. The lowest BCUT2D eigenvalue weighted by molar-refractivity contribution is -0.114. The van der Waals surface area contributed by atoms with Gasteiger partial charge in [-0.1, -0.05) is 23.7 Å². The molecule has 2 aliphatic rings. The number of anilines is 1. The van der Waals surface area contributed by atoms with Crippen LogP contribution in [-0.4, -0.2) is 15.9 Å². The number of hydrogen-bond acceptors (Lipinski definition) is 5. The fourth-order valence-corrected chi connectivity index (χ4v) is 2.92. The van der Waals surface area contributed by atoms with Gasteiger partial charge in [-0.15, -0.1) is 0 Å². The number of nitrogens with one attached hydrogen (secondary N) is 1. The molecule has 0 spiro atoms. The van der Waals surface area contributed by atoms with E-state index in [-0.39, 0.29) is 22.1 Å². The summed E-state index contributed by atoms with van der Waals surface area (Å²) < 4.78 is 5.76. The molecule has 1 aromatic heterocycles. The van der Waals surface area contributed by atoms with Crippen LogP contribution in [-0.2, 0) is 4.79 Å². The highest BCUT2D eigenvalue weighted by atomic mass is 35.5. The van der Waals surface area contributed by atoms with Gasteiger partial charge in [0.2, 0.25) is 11.3 Å². The molecule has 0 saturated carbocycles. The zero-order valence-electron chi connectivity index (χ0n) is 12.5. The zero-order chi connectivity index (χ0) is 16.8. The van der Waals surface area contributed by atoms with Crippen molar-refractivity contribution >= 4 is 45.2 Å². The lowest BCUT2D eigenvalue weighted by Crippen LogP contribution is -2.11. The fourth-order valence-electron chi connectivity index (χ4n) is 2.69. The third-order valence-electron chi connectivity index (χ3n) is 3.65. The first-order chi connectivity index (χ1) is 11.6. The van der Waals surface area contributed by atoms with E-state index in [0.29, 0.717) is 33.4 Å². The molecular weight excluding hydrogens is 330 g/mol. The lowest BCUT2D eigenvalue weighted by Gasteiger charge is -2.13. The highest BCUT2D eigenvalue weighted by Gasteiger charge is 2.23. The van der Waals surface area contributed by atoms with Crippen molar-refractivity contribution in [1.29, 1.82) is 0 Å². The Labute approximate surface area is 140 Å². The van der Waals surface area contributed by atoms with E-state index in [1.165, 1.54) is 6.92 Å². The SMILES string of the molecule is CC(=O)Nc1cccc2c(=O)c(Cl)c3oc4cccnc4nc-3c12. The smallest absolute Gasteiger partial charge is 0.221 e. The van der Waals surface area contributed by atoms with Crippen molar-refractivity contribution in [2.75, 3.05) is 5.32 Å². The summed E-state index contributed by atoms with van der Waals surface area (Å²) in [6, 6.07) is 8.40. The highest BCUT2D eigenvalue weighted by Crippen LogP contribution is 2.37. The summed E-state index contributed by atoms with van der Waals surface area (Å²) >= 11 is 6.21. The van der Waals surface area contributed by atoms with Crippen LogP contribution < -0.4 is 10.7 Å². The molecule has 0 unspecified atom stereocenters. The molecule has 1 aromatic carbocycles. The first kappa shape index (κ1) is 14.6. The standard InChI is InChI=1S/C17H10ClN3O3/c1-8(22)20-10-5-2-4-9-12(10)14-16(13(18)15(9)23)24-11-6-3-7-19-17(11)21-14/h2-7H,1H3,(H,20,22). The van der Waals surface area contributed by atoms with E-state index in [4.69, 9.17) is 16.0 Å². The number of hydrogen-bond donors (Lipinski definition) is 1. The van der Waals surface area contributed by atoms with Crippen molar-refractivity contribution < 1.29 is 9.21 Å². The van der Waals surface area contributed by atoms with E-state index in [2.05, 4.69) is 15.3 Å². The Balaban J connectivity index is 2.25. The van der Waals surface area contributed by atoms with Crippen molar-refractivity contribution in [3.05, 3.63) is 51.8 Å². The van der Waals surface area contributed by atoms with Gasteiger partial charge < -0.3 is 9.73 Å². The van der Waals surface area contributed by atoms with E-state index >= 15 is 0 Å². The molecule has 0 fully saturated rings. The molecule has 6 nitrogen and oxygen atoms in total. The number of rotatable bonds is 1. The van der Waals surface area contributed by atoms with Crippen molar-refractivity contribution in [1.82, 2.24) is 9.97 Å². The minimum absolute atomic E-state index is 0.0456. The summed E-state index contributed by atoms with van der Waals surface area (Å²) in [5.74, 6) is -0.0821. The maximum atomic E-state index is 12.6. The molecule has 1 aliphatic heterocycles. The summed E-state index contributed by atoms with van der Waals surface area (Å²) in [6.07, 6.45) is 1.59. The van der Waals surface area contributed by atoms with Gasteiger partial charge in [0.15, 0.2) is 17.0 Å². The topological polar surface area (TPSA) is 85.1 Å². The highest BCUT2D eigenvalue weighted by molar-refractivity contribution is 6.34. The van der Waals surface area contributed by atoms with Gasteiger partial charge in [0, 0.05) is 23.9 Å². The van der Waals surface area contributed by atoms with Crippen molar-refractivity contribution in [2.45, 2.75) is 6.92 Å². The van der Waals surface area contributed by atoms with Crippen molar-refractivity contribution in [2.24, 2.45) is 0 Å².